The molecule has 16 heavy (non-hydrogen) atoms. The summed E-state index contributed by atoms with van der Waals surface area (Å²) >= 11 is 0. The van der Waals surface area contributed by atoms with Crippen molar-refractivity contribution < 1.29 is 16.9 Å². The zero-order valence-electron chi connectivity index (χ0n) is 12.3. The zero-order chi connectivity index (χ0) is 11.9. The van der Waals surface area contributed by atoms with Gasteiger partial charge in [0.25, 0.3) is 0 Å². The molecule has 2 heteroatoms. The third-order valence-electron chi connectivity index (χ3n) is 4.29. The van der Waals surface area contributed by atoms with Gasteiger partial charge in [0.15, 0.2) is 0 Å². The molecule has 1 unspecified atom stereocenters. The van der Waals surface area contributed by atoms with E-state index in [2.05, 4.69) is 41.7 Å². The van der Waals surface area contributed by atoms with Crippen LogP contribution in [0.2, 0.25) is 0 Å². The maximum absolute atomic E-state index is 2.49. The second-order valence-electron chi connectivity index (χ2n) is 5.44. The Bertz CT molecular complexity index is 164. The predicted molar refractivity (Wildman–Crippen MR) is 70.1 cm³/mol. The molecule has 1 nitrogen and oxygen atoms in total. The Morgan fingerprint density at radius 2 is 1.31 bits per heavy atom. The van der Waals surface area contributed by atoms with Gasteiger partial charge >= 0.3 is 0 Å². The fraction of sp³-hybridized carbons (Fsp3) is 1.00. The minimum atomic E-state index is 0. The van der Waals surface area contributed by atoms with Crippen LogP contribution in [0.15, 0.2) is 0 Å². The molecule has 0 heterocycles. The molecule has 0 radical (unpaired) electrons. The van der Waals surface area contributed by atoms with Crippen molar-refractivity contribution >= 4 is 0 Å². The first kappa shape index (κ1) is 18.6. The van der Waals surface area contributed by atoms with E-state index in [0.717, 1.165) is 0 Å². The highest BCUT2D eigenvalue weighted by molar-refractivity contribution is 4.74. The Morgan fingerprint density at radius 3 is 1.56 bits per heavy atom. The molecule has 0 aliphatic carbocycles. The van der Waals surface area contributed by atoms with Crippen molar-refractivity contribution in [2.45, 2.75) is 72.3 Å². The summed E-state index contributed by atoms with van der Waals surface area (Å²) in [5.74, 6) is 0. The average Bonchev–Trinajstić information content (AvgIpc) is 2.18. The summed E-state index contributed by atoms with van der Waals surface area (Å²) in [5, 5.41) is 0. The molecular weight excluding hydrogens is 218 g/mol. The van der Waals surface area contributed by atoms with E-state index in [9.17, 15) is 0 Å². The Labute approximate surface area is 110 Å². The fourth-order valence-electron chi connectivity index (χ4n) is 3.01. The molecular formula is C14H32ClN. The lowest BCUT2D eigenvalue weighted by molar-refractivity contribution is -0.958. The second kappa shape index (κ2) is 8.36. The van der Waals surface area contributed by atoms with E-state index >= 15 is 0 Å². The molecule has 0 aromatic rings. The van der Waals surface area contributed by atoms with E-state index in [-0.39, 0.29) is 12.4 Å². The summed E-state index contributed by atoms with van der Waals surface area (Å²) in [7, 11) is 2.46. The van der Waals surface area contributed by atoms with Crippen LogP contribution in [0.4, 0.5) is 0 Å². The van der Waals surface area contributed by atoms with E-state index in [1.54, 1.807) is 0 Å². The normalized spacial score (nSPS) is 15.4. The zero-order valence-corrected chi connectivity index (χ0v) is 13.0. The minimum absolute atomic E-state index is 0. The second-order valence-corrected chi connectivity index (χ2v) is 5.44. The molecule has 0 rings (SSSR count). The largest absolute Gasteiger partial charge is 1.00 e. The molecule has 0 aliphatic rings. The Morgan fingerprint density at radius 1 is 0.875 bits per heavy atom. The molecule has 0 amide bonds. The molecule has 0 aromatic carbocycles. The number of rotatable bonds is 8. The van der Waals surface area contributed by atoms with Crippen LogP contribution in [0.25, 0.3) is 0 Å². The molecule has 0 spiro atoms. The van der Waals surface area contributed by atoms with Crippen molar-refractivity contribution in [1.29, 1.82) is 0 Å². The van der Waals surface area contributed by atoms with E-state index in [0.29, 0.717) is 5.54 Å². The first-order valence-corrected chi connectivity index (χ1v) is 6.84. The van der Waals surface area contributed by atoms with Gasteiger partial charge in [-0.2, -0.15) is 0 Å². The fourth-order valence-corrected chi connectivity index (χ4v) is 3.01. The highest BCUT2D eigenvalue weighted by Gasteiger charge is 2.40. The standard InChI is InChI=1S/C14H32N.ClH/c1-7-11-14(5,10-4)15(6,12-8-2)13-9-3;/h7-13H2,1-6H3;1H/q+1;/p-1. The van der Waals surface area contributed by atoms with Crippen molar-refractivity contribution in [2.24, 2.45) is 0 Å². The van der Waals surface area contributed by atoms with Gasteiger partial charge in [0.1, 0.15) is 0 Å². The summed E-state index contributed by atoms with van der Waals surface area (Å²) in [6.45, 7) is 14.5. The van der Waals surface area contributed by atoms with Gasteiger partial charge in [-0.15, -0.1) is 0 Å². The molecule has 0 aliphatic heterocycles. The van der Waals surface area contributed by atoms with Gasteiger partial charge in [0, 0.05) is 6.42 Å². The van der Waals surface area contributed by atoms with Crippen LogP contribution < -0.4 is 12.4 Å². The summed E-state index contributed by atoms with van der Waals surface area (Å²) in [5.41, 5.74) is 0.487. The highest BCUT2D eigenvalue weighted by Crippen LogP contribution is 2.32. The van der Waals surface area contributed by atoms with Gasteiger partial charge in [0.2, 0.25) is 0 Å². The summed E-state index contributed by atoms with van der Waals surface area (Å²) < 4.78 is 1.27. The van der Waals surface area contributed by atoms with Gasteiger partial charge in [-0.25, -0.2) is 0 Å². The topological polar surface area (TPSA) is 0 Å². The molecule has 0 saturated heterocycles. The first-order valence-electron chi connectivity index (χ1n) is 6.84. The van der Waals surface area contributed by atoms with Gasteiger partial charge in [-0.1, -0.05) is 34.1 Å². The summed E-state index contributed by atoms with van der Waals surface area (Å²) in [4.78, 5) is 0. The molecule has 0 bridgehead atoms. The molecule has 0 saturated carbocycles. The van der Waals surface area contributed by atoms with E-state index in [4.69, 9.17) is 0 Å². The van der Waals surface area contributed by atoms with Gasteiger partial charge < -0.3 is 16.9 Å². The molecule has 0 N–H and O–H groups in total. The smallest absolute Gasteiger partial charge is 0.0959 e. The number of hydrogen-bond donors (Lipinski definition) is 0. The SMILES string of the molecule is CCCC(C)(CC)[N+](C)(CCC)CCC.[Cl-]. The molecule has 0 fully saturated rings. The van der Waals surface area contributed by atoms with Crippen LogP contribution >= 0.6 is 0 Å². The third-order valence-corrected chi connectivity index (χ3v) is 4.29. The van der Waals surface area contributed by atoms with Crippen LogP contribution in [0, 0.1) is 0 Å². The maximum Gasteiger partial charge on any atom is 0.0959 e. The lowest BCUT2D eigenvalue weighted by atomic mass is 9.87. The van der Waals surface area contributed by atoms with E-state index in [1.165, 1.54) is 49.7 Å². The Balaban J connectivity index is 0. The van der Waals surface area contributed by atoms with Gasteiger partial charge in [-0.3, -0.25) is 0 Å². The van der Waals surface area contributed by atoms with Crippen LogP contribution in [0.3, 0.4) is 0 Å². The van der Waals surface area contributed by atoms with Crippen molar-refractivity contribution in [3.63, 3.8) is 0 Å². The Kier molecular flexibility index (Phi) is 9.72. The van der Waals surface area contributed by atoms with E-state index < -0.39 is 0 Å². The Hall–Kier alpha value is 0.250. The molecule has 100 valence electrons. The van der Waals surface area contributed by atoms with Gasteiger partial charge in [0.05, 0.1) is 25.7 Å². The van der Waals surface area contributed by atoms with Crippen LogP contribution in [0.5, 0.6) is 0 Å². The third kappa shape index (κ3) is 4.25. The monoisotopic (exact) mass is 249 g/mol. The summed E-state index contributed by atoms with van der Waals surface area (Å²) in [6, 6.07) is 0. The van der Waals surface area contributed by atoms with E-state index in [1.807, 2.05) is 0 Å². The van der Waals surface area contributed by atoms with Gasteiger partial charge in [-0.05, 0) is 26.2 Å². The van der Waals surface area contributed by atoms with Crippen LogP contribution in [-0.4, -0.2) is 30.2 Å². The molecule has 0 aromatic heterocycles. The number of halogens is 1. The van der Waals surface area contributed by atoms with Crippen molar-refractivity contribution in [3.8, 4) is 0 Å². The average molecular weight is 250 g/mol. The summed E-state index contributed by atoms with van der Waals surface area (Å²) in [6.07, 6.45) is 6.58. The number of quaternary nitrogens is 1. The molecule has 1 atom stereocenters. The van der Waals surface area contributed by atoms with Crippen LogP contribution in [0.1, 0.15) is 66.7 Å². The van der Waals surface area contributed by atoms with Crippen molar-refractivity contribution in [2.75, 3.05) is 20.1 Å². The van der Waals surface area contributed by atoms with Crippen LogP contribution in [-0.2, 0) is 0 Å². The number of hydrogen-bond acceptors (Lipinski definition) is 0. The maximum atomic E-state index is 2.49. The predicted octanol–water partition coefficient (Wildman–Crippen LogP) is 1.23. The van der Waals surface area contributed by atoms with Crippen molar-refractivity contribution in [1.82, 2.24) is 0 Å². The lowest BCUT2D eigenvalue weighted by Gasteiger charge is -2.49. The van der Waals surface area contributed by atoms with Crippen molar-refractivity contribution in [3.05, 3.63) is 0 Å². The quantitative estimate of drug-likeness (QED) is 0.568. The number of nitrogens with zero attached hydrogens (tertiary/aromatic N) is 1. The first-order chi connectivity index (χ1) is 6.99. The highest BCUT2D eigenvalue weighted by atomic mass is 35.5. The lowest BCUT2D eigenvalue weighted by Crippen LogP contribution is -3.00. The minimum Gasteiger partial charge on any atom is -1.00 e.